The smallest absolute Gasteiger partial charge is 0.409 e. The molecule has 1 aliphatic rings. The van der Waals surface area contributed by atoms with Gasteiger partial charge in [-0.1, -0.05) is 0 Å². The molecule has 20 heavy (non-hydrogen) atoms. The maximum Gasteiger partial charge on any atom is 0.409 e. The van der Waals surface area contributed by atoms with E-state index in [2.05, 4.69) is 5.10 Å². The minimum Gasteiger partial charge on any atom is -0.450 e. The molecule has 2 rings (SSSR count). The lowest BCUT2D eigenvalue weighted by molar-refractivity contribution is 0.0565. The molecule has 0 N–H and O–H groups in total. The highest BCUT2D eigenvalue weighted by Gasteiger charge is 2.26. The summed E-state index contributed by atoms with van der Waals surface area (Å²) < 4.78 is 6.67. The Morgan fingerprint density at radius 1 is 1.20 bits per heavy atom. The third kappa shape index (κ3) is 3.09. The number of ether oxygens (including phenoxy) is 1. The predicted octanol–water partition coefficient (Wildman–Crippen LogP) is 0.817. The van der Waals surface area contributed by atoms with Crippen LogP contribution in [0.2, 0.25) is 0 Å². The van der Waals surface area contributed by atoms with Crippen molar-refractivity contribution in [2.75, 3.05) is 32.8 Å². The minimum absolute atomic E-state index is 0.0827. The largest absolute Gasteiger partial charge is 0.450 e. The fraction of sp³-hybridized carbons (Fsp3) is 0.615. The first kappa shape index (κ1) is 14.4. The molecule has 7 nitrogen and oxygen atoms in total. The Kier molecular flexibility index (Phi) is 4.60. The molecular formula is C13H20N4O3. The Balaban J connectivity index is 1.90. The second-order valence-electron chi connectivity index (χ2n) is 4.53. The number of aryl methyl sites for hydroxylation is 1. The molecule has 0 unspecified atom stereocenters. The van der Waals surface area contributed by atoms with Crippen LogP contribution in [0.25, 0.3) is 0 Å². The molecule has 1 saturated heterocycles. The van der Waals surface area contributed by atoms with Gasteiger partial charge in [-0.3, -0.25) is 9.48 Å². The summed E-state index contributed by atoms with van der Waals surface area (Å²) in [4.78, 5) is 27.2. The Bertz CT molecular complexity index is 478. The highest BCUT2D eigenvalue weighted by atomic mass is 16.6. The van der Waals surface area contributed by atoms with Crippen molar-refractivity contribution >= 4 is 12.0 Å². The van der Waals surface area contributed by atoms with Gasteiger partial charge in [0.2, 0.25) is 0 Å². The lowest BCUT2D eigenvalue weighted by Gasteiger charge is -2.33. The van der Waals surface area contributed by atoms with Gasteiger partial charge in [0.1, 0.15) is 5.69 Å². The Morgan fingerprint density at radius 3 is 2.40 bits per heavy atom. The average Bonchev–Trinajstić information content (AvgIpc) is 2.96. The van der Waals surface area contributed by atoms with Gasteiger partial charge in [-0.25, -0.2) is 4.79 Å². The molecule has 7 heteroatoms. The molecule has 0 bridgehead atoms. The quantitative estimate of drug-likeness (QED) is 0.822. The van der Waals surface area contributed by atoms with Crippen LogP contribution in [-0.2, 0) is 11.3 Å². The number of amides is 2. The van der Waals surface area contributed by atoms with Crippen LogP contribution >= 0.6 is 0 Å². The summed E-state index contributed by atoms with van der Waals surface area (Å²) in [7, 11) is 0. The van der Waals surface area contributed by atoms with Crippen LogP contribution in [0.1, 0.15) is 24.3 Å². The van der Waals surface area contributed by atoms with Crippen molar-refractivity contribution in [1.82, 2.24) is 19.6 Å². The van der Waals surface area contributed by atoms with Gasteiger partial charge in [-0.2, -0.15) is 5.10 Å². The molecule has 110 valence electrons. The molecule has 1 aromatic heterocycles. The van der Waals surface area contributed by atoms with E-state index in [0.717, 1.165) is 6.54 Å². The zero-order valence-electron chi connectivity index (χ0n) is 11.9. The third-order valence-electron chi connectivity index (χ3n) is 3.28. The van der Waals surface area contributed by atoms with Crippen LogP contribution in [0.15, 0.2) is 12.3 Å². The molecule has 2 amide bonds. The lowest BCUT2D eigenvalue weighted by atomic mass is 10.3. The van der Waals surface area contributed by atoms with Gasteiger partial charge in [-0.15, -0.1) is 0 Å². The van der Waals surface area contributed by atoms with E-state index in [1.54, 1.807) is 33.7 Å². The molecule has 0 saturated carbocycles. The van der Waals surface area contributed by atoms with Gasteiger partial charge in [0.05, 0.1) is 6.61 Å². The van der Waals surface area contributed by atoms with E-state index in [0.29, 0.717) is 38.5 Å². The number of aromatic nitrogens is 2. The molecule has 1 aliphatic heterocycles. The topological polar surface area (TPSA) is 67.7 Å². The van der Waals surface area contributed by atoms with Gasteiger partial charge >= 0.3 is 6.09 Å². The monoisotopic (exact) mass is 280 g/mol. The first-order valence-electron chi connectivity index (χ1n) is 6.90. The summed E-state index contributed by atoms with van der Waals surface area (Å²) in [5.74, 6) is -0.0827. The number of rotatable bonds is 3. The van der Waals surface area contributed by atoms with Crippen LogP contribution in [0, 0.1) is 0 Å². The first-order valence-corrected chi connectivity index (χ1v) is 6.90. The maximum atomic E-state index is 12.2. The van der Waals surface area contributed by atoms with Crippen LogP contribution < -0.4 is 0 Å². The zero-order valence-corrected chi connectivity index (χ0v) is 11.9. The van der Waals surface area contributed by atoms with Crippen molar-refractivity contribution in [3.63, 3.8) is 0 Å². The summed E-state index contributed by atoms with van der Waals surface area (Å²) >= 11 is 0. The molecular weight excluding hydrogens is 260 g/mol. The molecule has 2 heterocycles. The summed E-state index contributed by atoms with van der Waals surface area (Å²) in [5.41, 5.74) is 0.455. The van der Waals surface area contributed by atoms with Crippen LogP contribution in [0.4, 0.5) is 4.79 Å². The van der Waals surface area contributed by atoms with Gasteiger partial charge in [0.25, 0.3) is 5.91 Å². The van der Waals surface area contributed by atoms with Crippen molar-refractivity contribution in [3.05, 3.63) is 18.0 Å². The predicted molar refractivity (Wildman–Crippen MR) is 72.4 cm³/mol. The Hall–Kier alpha value is -2.05. The molecule has 0 aromatic carbocycles. The van der Waals surface area contributed by atoms with E-state index in [-0.39, 0.29) is 12.0 Å². The van der Waals surface area contributed by atoms with E-state index in [9.17, 15) is 9.59 Å². The average molecular weight is 280 g/mol. The number of carbonyl (C=O) groups excluding carboxylic acids is 2. The van der Waals surface area contributed by atoms with E-state index >= 15 is 0 Å². The van der Waals surface area contributed by atoms with Crippen molar-refractivity contribution in [2.45, 2.75) is 20.4 Å². The molecule has 0 spiro atoms. The van der Waals surface area contributed by atoms with Crippen LogP contribution in [-0.4, -0.2) is 64.4 Å². The van der Waals surface area contributed by atoms with Crippen molar-refractivity contribution in [3.8, 4) is 0 Å². The standard InChI is InChI=1S/C13H20N4O3/c1-3-17-6-5-11(14-17)12(18)15-7-9-16(10-8-15)13(19)20-4-2/h5-6H,3-4,7-10H2,1-2H3. The third-order valence-corrected chi connectivity index (χ3v) is 3.28. The zero-order chi connectivity index (χ0) is 14.5. The number of piperazine rings is 1. The van der Waals surface area contributed by atoms with Crippen molar-refractivity contribution < 1.29 is 14.3 Å². The molecule has 1 fully saturated rings. The van der Waals surface area contributed by atoms with Gasteiger partial charge < -0.3 is 14.5 Å². The van der Waals surface area contributed by atoms with E-state index < -0.39 is 0 Å². The van der Waals surface area contributed by atoms with Crippen LogP contribution in [0.3, 0.4) is 0 Å². The van der Waals surface area contributed by atoms with Gasteiger partial charge in [0, 0.05) is 38.9 Å². The molecule has 0 radical (unpaired) electrons. The summed E-state index contributed by atoms with van der Waals surface area (Å²) in [6, 6.07) is 1.73. The van der Waals surface area contributed by atoms with Crippen LogP contribution in [0.5, 0.6) is 0 Å². The van der Waals surface area contributed by atoms with E-state index in [4.69, 9.17) is 4.74 Å². The fourth-order valence-corrected chi connectivity index (χ4v) is 2.12. The lowest BCUT2D eigenvalue weighted by Crippen LogP contribution is -2.50. The van der Waals surface area contributed by atoms with Crippen molar-refractivity contribution in [1.29, 1.82) is 0 Å². The van der Waals surface area contributed by atoms with Gasteiger partial charge in [-0.05, 0) is 19.9 Å². The van der Waals surface area contributed by atoms with E-state index in [1.807, 2.05) is 6.92 Å². The summed E-state index contributed by atoms with van der Waals surface area (Å²) in [5, 5.41) is 4.21. The first-order chi connectivity index (χ1) is 9.65. The Labute approximate surface area is 118 Å². The Morgan fingerprint density at radius 2 is 1.85 bits per heavy atom. The summed E-state index contributed by atoms with van der Waals surface area (Å²) in [6.07, 6.45) is 1.48. The number of hydrogen-bond donors (Lipinski definition) is 0. The molecule has 1 aromatic rings. The summed E-state index contributed by atoms with van der Waals surface area (Å²) in [6.45, 7) is 6.88. The van der Waals surface area contributed by atoms with E-state index in [1.165, 1.54) is 0 Å². The second kappa shape index (κ2) is 6.40. The molecule has 0 aliphatic carbocycles. The normalized spacial score (nSPS) is 15.3. The second-order valence-corrected chi connectivity index (χ2v) is 4.53. The minimum atomic E-state index is -0.310. The SMILES string of the molecule is CCOC(=O)N1CCN(C(=O)c2ccn(CC)n2)CC1. The fourth-order valence-electron chi connectivity index (χ4n) is 2.12. The number of nitrogens with zero attached hydrogens (tertiary/aromatic N) is 4. The molecule has 0 atom stereocenters. The highest BCUT2D eigenvalue weighted by Crippen LogP contribution is 2.08. The number of hydrogen-bond acceptors (Lipinski definition) is 4. The number of carbonyl (C=O) groups is 2. The highest BCUT2D eigenvalue weighted by molar-refractivity contribution is 5.92. The van der Waals surface area contributed by atoms with Gasteiger partial charge in [0.15, 0.2) is 0 Å². The van der Waals surface area contributed by atoms with Crippen molar-refractivity contribution in [2.24, 2.45) is 0 Å². The maximum absolute atomic E-state index is 12.2.